The van der Waals surface area contributed by atoms with Crippen molar-refractivity contribution < 1.29 is 23.2 Å². The average molecular weight is 646 g/mol. The molecule has 0 unspecified atom stereocenters. The van der Waals surface area contributed by atoms with Crippen molar-refractivity contribution in [1.82, 2.24) is 0 Å². The summed E-state index contributed by atoms with van der Waals surface area (Å²) in [5.41, 5.74) is 0.355. The van der Waals surface area contributed by atoms with Crippen molar-refractivity contribution in [3.63, 3.8) is 0 Å². The van der Waals surface area contributed by atoms with Crippen molar-refractivity contribution in [3.8, 4) is 0 Å². The quantitative estimate of drug-likeness (QED) is 0.137. The van der Waals surface area contributed by atoms with Crippen LogP contribution in [0, 0.1) is 17.6 Å². The van der Waals surface area contributed by atoms with Crippen molar-refractivity contribution in [2.24, 2.45) is 5.92 Å². The number of rotatable bonds is 10. The Balaban J connectivity index is 1.51. The Hall–Kier alpha value is -2.48. The molecule has 1 aliphatic carbocycles. The van der Waals surface area contributed by atoms with Crippen LogP contribution in [0.2, 0.25) is 15.1 Å². The highest BCUT2D eigenvalue weighted by Crippen LogP contribution is 2.65. The summed E-state index contributed by atoms with van der Waals surface area (Å²) >= 11 is 31.1. The van der Waals surface area contributed by atoms with Crippen LogP contribution in [0.15, 0.2) is 61.2 Å². The zero-order chi connectivity index (χ0) is 29.4. The highest BCUT2D eigenvalue weighted by molar-refractivity contribution is 6.53. The number of carbonyl (C=O) groups is 3. The Bertz CT molecular complexity index is 1540. The molecule has 4 nitrogen and oxygen atoms in total. The van der Waals surface area contributed by atoms with Crippen LogP contribution in [0.4, 0.5) is 14.5 Å². The van der Waals surface area contributed by atoms with E-state index in [1.165, 1.54) is 24.3 Å². The van der Waals surface area contributed by atoms with Gasteiger partial charge in [0.25, 0.3) is 0 Å². The summed E-state index contributed by atoms with van der Waals surface area (Å²) in [6.45, 7) is 3.44. The number of benzene rings is 3. The second-order valence-electron chi connectivity index (χ2n) is 9.29. The monoisotopic (exact) mass is 643 g/mol. The molecule has 4 rings (SSSR count). The fourth-order valence-electron chi connectivity index (χ4n) is 4.45. The molecule has 0 radical (unpaired) electrons. The number of nitrogens with one attached hydrogen (secondary N) is 1. The predicted octanol–water partition coefficient (Wildman–Crippen LogP) is 8.56. The lowest BCUT2D eigenvalue weighted by atomic mass is 9.97. The van der Waals surface area contributed by atoms with Crippen molar-refractivity contribution in [3.05, 3.63) is 110 Å². The standard InChI is InChI=1S/C29H20Cl5F2NO3/c1-2-3-17(38)13-19-23(35)9-5-15(27(19)36)11-24(39)18-12-16(6-8-20(18)30)37-28(40)26-25(29(26,33)34)14-4-7-21(31)22(32)10-14/h2,4-10,12,25-26H,1,3,11,13H2,(H,37,40)/t25-,26+/m0/s1. The molecule has 11 heteroatoms. The van der Waals surface area contributed by atoms with Crippen molar-refractivity contribution in [2.45, 2.75) is 29.5 Å². The Morgan fingerprint density at radius 3 is 2.30 bits per heavy atom. The first-order chi connectivity index (χ1) is 18.8. The number of amides is 1. The maximum Gasteiger partial charge on any atom is 0.231 e. The van der Waals surface area contributed by atoms with E-state index in [0.29, 0.717) is 15.6 Å². The molecule has 0 aromatic heterocycles. The third-order valence-electron chi connectivity index (χ3n) is 6.54. The third kappa shape index (κ3) is 6.37. The largest absolute Gasteiger partial charge is 0.326 e. The van der Waals surface area contributed by atoms with Crippen LogP contribution in [0.3, 0.4) is 0 Å². The third-order valence-corrected chi connectivity index (χ3v) is 8.55. The molecule has 1 saturated carbocycles. The first kappa shape index (κ1) is 30.5. The van der Waals surface area contributed by atoms with Crippen LogP contribution < -0.4 is 5.32 Å². The van der Waals surface area contributed by atoms with Crippen LogP contribution >= 0.6 is 58.0 Å². The van der Waals surface area contributed by atoms with Gasteiger partial charge in [0.15, 0.2) is 5.78 Å². The number of alkyl halides is 2. The highest BCUT2D eigenvalue weighted by atomic mass is 35.5. The SMILES string of the molecule is C=CCC(=O)Cc1c(F)ccc(CC(=O)c2cc(NC(=O)[C@H]3[C@H](c4ccc(Cl)c(Cl)c4)C3(Cl)Cl)ccc2Cl)c1F. The first-order valence-electron chi connectivity index (χ1n) is 11.9. The summed E-state index contributed by atoms with van der Waals surface area (Å²) in [5.74, 6) is -4.74. The summed E-state index contributed by atoms with van der Waals surface area (Å²) in [6.07, 6.45) is 0.372. The molecule has 0 saturated heterocycles. The molecule has 1 fully saturated rings. The van der Waals surface area contributed by atoms with Gasteiger partial charge >= 0.3 is 0 Å². The number of Topliss-reactive ketones (excluding diaryl/α,β-unsaturated/α-hetero) is 2. The molecule has 3 aromatic carbocycles. The number of hydrogen-bond donors (Lipinski definition) is 1. The molecule has 208 valence electrons. The van der Waals surface area contributed by atoms with Gasteiger partial charge in [-0.25, -0.2) is 8.78 Å². The van der Waals surface area contributed by atoms with E-state index in [9.17, 15) is 18.8 Å². The number of anilines is 1. The van der Waals surface area contributed by atoms with E-state index in [2.05, 4.69) is 11.9 Å². The molecule has 40 heavy (non-hydrogen) atoms. The van der Waals surface area contributed by atoms with Crippen molar-refractivity contribution >= 4 is 81.2 Å². The van der Waals surface area contributed by atoms with Crippen LogP contribution in [-0.4, -0.2) is 21.8 Å². The van der Waals surface area contributed by atoms with Gasteiger partial charge in [-0.2, -0.15) is 0 Å². The molecular formula is C29H20Cl5F2NO3. The number of ketones is 2. The Labute approximate surface area is 254 Å². The number of allylic oxidation sites excluding steroid dienone is 1. The summed E-state index contributed by atoms with van der Waals surface area (Å²) < 4.78 is 27.9. The summed E-state index contributed by atoms with van der Waals surface area (Å²) in [4.78, 5) is 38.1. The molecule has 0 aliphatic heterocycles. The van der Waals surface area contributed by atoms with Gasteiger partial charge in [-0.1, -0.05) is 53.0 Å². The molecule has 1 amide bonds. The van der Waals surface area contributed by atoms with Gasteiger partial charge in [-0.3, -0.25) is 14.4 Å². The molecule has 0 spiro atoms. The van der Waals surface area contributed by atoms with Crippen LogP contribution in [0.5, 0.6) is 0 Å². The van der Waals surface area contributed by atoms with E-state index < -0.39 is 63.7 Å². The zero-order valence-electron chi connectivity index (χ0n) is 20.5. The van der Waals surface area contributed by atoms with Crippen LogP contribution in [0.25, 0.3) is 0 Å². The smallest absolute Gasteiger partial charge is 0.231 e. The zero-order valence-corrected chi connectivity index (χ0v) is 24.3. The van der Waals surface area contributed by atoms with Gasteiger partial charge in [0, 0.05) is 42.0 Å². The predicted molar refractivity (Wildman–Crippen MR) is 155 cm³/mol. The van der Waals surface area contributed by atoms with E-state index in [1.807, 2.05) is 0 Å². The average Bonchev–Trinajstić information content (AvgIpc) is 3.48. The molecule has 0 bridgehead atoms. The summed E-state index contributed by atoms with van der Waals surface area (Å²) in [7, 11) is 0. The van der Waals surface area contributed by atoms with Crippen molar-refractivity contribution in [2.75, 3.05) is 5.32 Å². The summed E-state index contributed by atoms with van der Waals surface area (Å²) in [5, 5.41) is 3.39. The van der Waals surface area contributed by atoms with Gasteiger partial charge in [0.2, 0.25) is 5.91 Å². The first-order valence-corrected chi connectivity index (χ1v) is 13.8. The molecule has 1 N–H and O–H groups in total. The van der Waals surface area contributed by atoms with E-state index in [-0.39, 0.29) is 28.3 Å². The number of hydrogen-bond acceptors (Lipinski definition) is 3. The fraction of sp³-hybridized carbons (Fsp3) is 0.207. The van der Waals surface area contributed by atoms with Crippen LogP contribution in [-0.2, 0) is 22.4 Å². The minimum atomic E-state index is -1.39. The lowest BCUT2D eigenvalue weighted by molar-refractivity contribution is -0.118. The van der Waals surface area contributed by atoms with E-state index in [0.717, 1.165) is 12.1 Å². The topological polar surface area (TPSA) is 63.2 Å². The van der Waals surface area contributed by atoms with Gasteiger partial charge in [0.1, 0.15) is 21.8 Å². The fourth-order valence-corrected chi connectivity index (χ4v) is 5.81. The van der Waals surface area contributed by atoms with Gasteiger partial charge in [-0.05, 0) is 47.5 Å². The van der Waals surface area contributed by atoms with E-state index in [1.54, 1.807) is 18.2 Å². The number of halogens is 7. The second-order valence-corrected chi connectivity index (χ2v) is 12.0. The van der Waals surface area contributed by atoms with Gasteiger partial charge < -0.3 is 5.32 Å². The lowest BCUT2D eigenvalue weighted by Crippen LogP contribution is -2.17. The minimum absolute atomic E-state index is 0.00677. The Kier molecular flexibility index (Phi) is 9.28. The molecule has 2 atom stereocenters. The maximum atomic E-state index is 15.1. The molecule has 3 aromatic rings. The second kappa shape index (κ2) is 12.2. The van der Waals surface area contributed by atoms with Crippen LogP contribution in [0.1, 0.15) is 39.4 Å². The molecule has 0 heterocycles. The minimum Gasteiger partial charge on any atom is -0.326 e. The lowest BCUT2D eigenvalue weighted by Gasteiger charge is -2.11. The maximum absolute atomic E-state index is 15.1. The van der Waals surface area contributed by atoms with Gasteiger partial charge in [0.05, 0.1) is 21.0 Å². The normalized spacial score (nSPS) is 17.3. The van der Waals surface area contributed by atoms with Crippen molar-refractivity contribution in [1.29, 1.82) is 0 Å². The van der Waals surface area contributed by atoms with E-state index >= 15 is 4.39 Å². The van der Waals surface area contributed by atoms with Gasteiger partial charge in [-0.15, -0.1) is 29.8 Å². The molecular weight excluding hydrogens is 626 g/mol. The number of carbonyl (C=O) groups excluding carboxylic acids is 3. The Morgan fingerprint density at radius 1 is 0.925 bits per heavy atom. The Morgan fingerprint density at radius 2 is 1.62 bits per heavy atom. The molecule has 1 aliphatic rings. The van der Waals surface area contributed by atoms with E-state index in [4.69, 9.17) is 58.0 Å². The summed E-state index contributed by atoms with van der Waals surface area (Å²) in [6, 6.07) is 11.2. The highest BCUT2D eigenvalue weighted by Gasteiger charge is 2.67.